The van der Waals surface area contributed by atoms with E-state index in [0.29, 0.717) is 34.2 Å². The van der Waals surface area contributed by atoms with Gasteiger partial charge in [0.05, 0.1) is 58.4 Å². The molecule has 2 aliphatic heterocycles. The molecule has 0 saturated carbocycles. The zero-order valence-electron chi connectivity index (χ0n) is 21.9. The molecule has 0 radical (unpaired) electrons. The summed E-state index contributed by atoms with van der Waals surface area (Å²) < 4.78 is 24.0. The van der Waals surface area contributed by atoms with Crippen molar-refractivity contribution in [1.29, 1.82) is 0 Å². The second kappa shape index (κ2) is 9.55. The molecular formula is C26H23N9O5S. The smallest absolute Gasteiger partial charge is 0.322 e. The van der Waals surface area contributed by atoms with E-state index in [-0.39, 0.29) is 36.0 Å². The molecule has 4 aromatic rings. The first-order valence-electron chi connectivity index (χ1n) is 12.4. The first-order chi connectivity index (χ1) is 19.5. The highest BCUT2D eigenvalue weighted by Gasteiger charge is 2.55. The highest BCUT2D eigenvalue weighted by atomic mass is 32.2. The first kappa shape index (κ1) is 26.2. The number of fused-ring (bicyclic) bond motifs is 1. The molecule has 0 unspecified atom stereocenters. The Hall–Kier alpha value is -5.05. The molecule has 2 aliphatic rings. The number of urea groups is 1. The molecule has 1 spiro atoms. The Kier molecular flexibility index (Phi) is 6.10. The summed E-state index contributed by atoms with van der Waals surface area (Å²) in [7, 11) is -3.53. The number of carbonyl (C=O) groups is 3. The van der Waals surface area contributed by atoms with Gasteiger partial charge in [-0.05, 0) is 37.3 Å². The van der Waals surface area contributed by atoms with Crippen molar-refractivity contribution in [3.8, 4) is 11.4 Å². The molecule has 2 fully saturated rings. The summed E-state index contributed by atoms with van der Waals surface area (Å²) >= 11 is 0. The van der Waals surface area contributed by atoms with E-state index in [4.69, 9.17) is 4.98 Å². The van der Waals surface area contributed by atoms with E-state index in [2.05, 4.69) is 35.9 Å². The number of nitrogens with one attached hydrogen (secondary N) is 3. The fourth-order valence-electron chi connectivity index (χ4n) is 4.72. The first-order valence-corrected chi connectivity index (χ1v) is 14.3. The second-order valence-electron chi connectivity index (χ2n) is 9.92. The fourth-order valence-corrected chi connectivity index (χ4v) is 5.65. The number of pyridine rings is 3. The van der Waals surface area contributed by atoms with Gasteiger partial charge < -0.3 is 15.5 Å². The molecule has 4 amide bonds. The van der Waals surface area contributed by atoms with Gasteiger partial charge in [0.2, 0.25) is 5.95 Å². The Bertz CT molecular complexity index is 1870. The van der Waals surface area contributed by atoms with Gasteiger partial charge in [-0.3, -0.25) is 24.9 Å². The number of rotatable bonds is 6. The number of hydrogen-bond donors (Lipinski definition) is 3. The van der Waals surface area contributed by atoms with Gasteiger partial charge in [0.15, 0.2) is 15.4 Å². The van der Waals surface area contributed by atoms with Crippen molar-refractivity contribution in [3.63, 3.8) is 0 Å². The van der Waals surface area contributed by atoms with E-state index in [1.54, 1.807) is 36.4 Å². The minimum Gasteiger partial charge on any atom is -0.346 e. The van der Waals surface area contributed by atoms with Crippen LogP contribution in [0.3, 0.4) is 0 Å². The number of nitrogens with zero attached hydrogens (tertiary/aromatic N) is 6. The van der Waals surface area contributed by atoms with Crippen molar-refractivity contribution in [1.82, 2.24) is 40.9 Å². The molecule has 0 atom stereocenters. The van der Waals surface area contributed by atoms with Crippen LogP contribution in [0.4, 0.5) is 10.7 Å². The molecule has 41 heavy (non-hydrogen) atoms. The number of imide groups is 1. The largest absolute Gasteiger partial charge is 0.346 e. The van der Waals surface area contributed by atoms with Crippen LogP contribution in [0.25, 0.3) is 22.3 Å². The quantitative estimate of drug-likeness (QED) is 0.273. The van der Waals surface area contributed by atoms with Crippen LogP contribution in [0.15, 0.2) is 53.8 Å². The van der Waals surface area contributed by atoms with Crippen LogP contribution in [0.1, 0.15) is 21.7 Å². The summed E-state index contributed by atoms with van der Waals surface area (Å²) in [6.45, 7) is 2.17. The van der Waals surface area contributed by atoms with Gasteiger partial charge in [0.1, 0.15) is 0 Å². The lowest BCUT2D eigenvalue weighted by Gasteiger charge is -2.45. The Labute approximate surface area is 233 Å². The minimum absolute atomic E-state index is 0.00278. The lowest BCUT2D eigenvalue weighted by Crippen LogP contribution is -2.71. The van der Waals surface area contributed by atoms with Gasteiger partial charge in [-0.15, -0.1) is 0 Å². The number of aryl methyl sites for hydroxylation is 1. The van der Waals surface area contributed by atoms with E-state index in [9.17, 15) is 22.8 Å². The number of carbonyl (C=O) groups excluding carboxylic acids is 3. The third-order valence-corrected chi connectivity index (χ3v) is 8.10. The molecule has 0 aromatic carbocycles. The summed E-state index contributed by atoms with van der Waals surface area (Å²) in [5.74, 6) is -0.436. The van der Waals surface area contributed by atoms with Gasteiger partial charge in [-0.1, -0.05) is 0 Å². The molecule has 0 aliphatic carbocycles. The maximum absolute atomic E-state index is 12.7. The topological polar surface area (TPSA) is 189 Å². The van der Waals surface area contributed by atoms with Crippen LogP contribution in [0.5, 0.6) is 0 Å². The Morgan fingerprint density at radius 3 is 2.56 bits per heavy atom. The van der Waals surface area contributed by atoms with E-state index >= 15 is 0 Å². The third kappa shape index (κ3) is 4.91. The normalized spacial score (nSPS) is 15.9. The van der Waals surface area contributed by atoms with E-state index in [1.807, 2.05) is 12.1 Å². The highest BCUT2D eigenvalue weighted by molar-refractivity contribution is 7.90. The molecule has 208 valence electrons. The van der Waals surface area contributed by atoms with Gasteiger partial charge >= 0.3 is 6.03 Å². The molecule has 15 heteroatoms. The van der Waals surface area contributed by atoms with E-state index < -0.39 is 27.3 Å². The van der Waals surface area contributed by atoms with Crippen LogP contribution in [-0.4, -0.2) is 76.1 Å². The molecule has 6 heterocycles. The average molecular weight is 574 g/mol. The van der Waals surface area contributed by atoms with E-state index in [0.717, 1.165) is 11.6 Å². The lowest BCUT2D eigenvalue weighted by molar-refractivity contribution is -0.124. The van der Waals surface area contributed by atoms with Crippen molar-refractivity contribution < 1.29 is 22.8 Å². The maximum atomic E-state index is 12.7. The Balaban J connectivity index is 1.18. The van der Waals surface area contributed by atoms with E-state index in [1.165, 1.54) is 12.3 Å². The maximum Gasteiger partial charge on any atom is 0.322 e. The lowest BCUT2D eigenvalue weighted by atomic mass is 9.90. The molecule has 6 rings (SSSR count). The molecular weight excluding hydrogens is 550 g/mol. The second-order valence-corrected chi connectivity index (χ2v) is 11.9. The average Bonchev–Trinajstić information content (AvgIpc) is 3.23. The van der Waals surface area contributed by atoms with Crippen molar-refractivity contribution >= 4 is 44.5 Å². The highest BCUT2D eigenvalue weighted by Crippen LogP contribution is 2.29. The predicted octanol–water partition coefficient (Wildman–Crippen LogP) is 0.522. The Morgan fingerprint density at radius 1 is 1.05 bits per heavy atom. The monoisotopic (exact) mass is 573 g/mol. The molecule has 4 aromatic heterocycles. The van der Waals surface area contributed by atoms with Gasteiger partial charge in [-0.25, -0.2) is 28.2 Å². The Morgan fingerprint density at radius 2 is 1.83 bits per heavy atom. The van der Waals surface area contributed by atoms with Crippen molar-refractivity contribution in [2.24, 2.45) is 0 Å². The zero-order chi connectivity index (χ0) is 28.9. The molecule has 0 bridgehead atoms. The third-order valence-electron chi connectivity index (χ3n) is 6.89. The fraction of sp³-hybridized carbons (Fsp3) is 0.231. The van der Waals surface area contributed by atoms with Crippen LogP contribution >= 0.6 is 0 Å². The van der Waals surface area contributed by atoms with Crippen molar-refractivity contribution in [2.45, 2.75) is 23.9 Å². The minimum atomic E-state index is -3.53. The molecule has 2 saturated heterocycles. The standard InChI is InChI=1S/C26H23N9O5S/c1-14-21(41(2,39)40)7-16(10-28-14)22(36)30-11-17-8-20-15(9-29-17)3-4-18(31-20)19-5-6-27-24(32-19)35-12-26(13-35)23(37)33-25(38)34-26/h3-10H,11-13H2,1-2H3,(H,30,36)(H2,33,34,37,38). The number of aromatic nitrogens is 5. The molecule has 14 nitrogen and oxygen atoms in total. The van der Waals surface area contributed by atoms with Crippen LogP contribution < -0.4 is 20.9 Å². The van der Waals surface area contributed by atoms with Crippen LogP contribution in [0.2, 0.25) is 0 Å². The summed E-state index contributed by atoms with van der Waals surface area (Å²) in [5.41, 5.74) is 1.82. The zero-order valence-corrected chi connectivity index (χ0v) is 22.7. The number of anilines is 1. The number of sulfone groups is 1. The van der Waals surface area contributed by atoms with Gasteiger partial charge in [0.25, 0.3) is 11.8 Å². The van der Waals surface area contributed by atoms with Gasteiger partial charge in [-0.2, -0.15) is 0 Å². The summed E-state index contributed by atoms with van der Waals surface area (Å²) in [6.07, 6.45) is 5.65. The summed E-state index contributed by atoms with van der Waals surface area (Å²) in [5, 5.41) is 8.43. The summed E-state index contributed by atoms with van der Waals surface area (Å²) in [4.78, 5) is 60.2. The SMILES string of the molecule is Cc1ncc(C(=O)NCc2cc3nc(-c4ccnc(N5CC6(C5)NC(=O)NC6=O)n4)ccc3cn2)cc1S(C)(=O)=O. The van der Waals surface area contributed by atoms with Crippen LogP contribution in [0, 0.1) is 6.92 Å². The summed E-state index contributed by atoms with van der Waals surface area (Å²) in [6, 6.07) is 7.94. The van der Waals surface area contributed by atoms with Crippen LogP contribution in [-0.2, 0) is 21.2 Å². The van der Waals surface area contributed by atoms with Gasteiger partial charge in [0, 0.05) is 30.2 Å². The number of hydrogen-bond acceptors (Lipinski definition) is 11. The number of amides is 4. The van der Waals surface area contributed by atoms with Crippen molar-refractivity contribution in [3.05, 3.63) is 65.9 Å². The predicted molar refractivity (Wildman–Crippen MR) is 145 cm³/mol. The van der Waals surface area contributed by atoms with Crippen molar-refractivity contribution in [2.75, 3.05) is 24.2 Å². The molecule has 3 N–H and O–H groups in total.